The van der Waals surface area contributed by atoms with Crippen molar-refractivity contribution in [1.29, 1.82) is 0 Å². The molecule has 0 unspecified atom stereocenters. The fourth-order valence-corrected chi connectivity index (χ4v) is 4.15. The molecule has 2 aromatic rings. The maximum atomic E-state index is 12.8. The summed E-state index contributed by atoms with van der Waals surface area (Å²) >= 11 is 1.58. The van der Waals surface area contributed by atoms with Crippen molar-refractivity contribution in [1.82, 2.24) is 24.2 Å². The van der Waals surface area contributed by atoms with Gasteiger partial charge >= 0.3 is 5.69 Å². The third kappa shape index (κ3) is 3.68. The predicted octanol–water partition coefficient (Wildman–Crippen LogP) is 2.23. The van der Waals surface area contributed by atoms with E-state index in [1.54, 1.807) is 22.1 Å². The van der Waals surface area contributed by atoms with Crippen LogP contribution in [0.5, 0.6) is 0 Å². The number of unbranched alkanes of at least 4 members (excludes halogenated alkanes) is 1. The molecule has 1 fully saturated rings. The van der Waals surface area contributed by atoms with Crippen LogP contribution < -0.4 is 5.69 Å². The molecule has 0 bridgehead atoms. The summed E-state index contributed by atoms with van der Waals surface area (Å²) in [5.74, 6) is 0.725. The molecule has 1 amide bonds. The first kappa shape index (κ1) is 17.8. The van der Waals surface area contributed by atoms with Gasteiger partial charge in [-0.05, 0) is 26.2 Å². The Bertz CT molecular complexity index is 765. The normalized spacial score (nSPS) is 17.4. The fraction of sp³-hybridized carbons (Fsp3) is 0.647. The molecule has 0 saturated carbocycles. The van der Waals surface area contributed by atoms with Gasteiger partial charge in [-0.3, -0.25) is 9.36 Å². The van der Waals surface area contributed by atoms with Crippen LogP contribution in [0.3, 0.4) is 0 Å². The number of rotatable bonds is 7. The second-order valence-corrected chi connectivity index (χ2v) is 7.25. The van der Waals surface area contributed by atoms with Crippen molar-refractivity contribution in [2.24, 2.45) is 0 Å². The Hall–Kier alpha value is -1.96. The third-order valence-electron chi connectivity index (χ3n) is 4.66. The third-order valence-corrected chi connectivity index (χ3v) is 5.54. The molecule has 0 aromatic carbocycles. The highest BCUT2D eigenvalue weighted by atomic mass is 32.1. The molecule has 7 nitrogen and oxygen atoms in total. The number of hydrogen-bond donors (Lipinski definition) is 0. The van der Waals surface area contributed by atoms with Crippen LogP contribution in [-0.4, -0.2) is 36.7 Å². The quantitative estimate of drug-likeness (QED) is 0.756. The maximum absolute atomic E-state index is 12.8. The van der Waals surface area contributed by atoms with E-state index in [4.69, 9.17) is 0 Å². The predicted molar refractivity (Wildman–Crippen MR) is 96.6 cm³/mol. The van der Waals surface area contributed by atoms with Crippen LogP contribution in [0.25, 0.3) is 0 Å². The number of aromatic nitrogens is 4. The largest absolute Gasteiger partial charge is 0.346 e. The maximum Gasteiger partial charge on any atom is 0.346 e. The van der Waals surface area contributed by atoms with Crippen molar-refractivity contribution in [3.63, 3.8) is 0 Å². The van der Waals surface area contributed by atoms with E-state index in [9.17, 15) is 9.59 Å². The van der Waals surface area contributed by atoms with Gasteiger partial charge in [-0.25, -0.2) is 14.5 Å². The molecule has 8 heteroatoms. The van der Waals surface area contributed by atoms with Gasteiger partial charge < -0.3 is 4.90 Å². The van der Waals surface area contributed by atoms with Gasteiger partial charge in [0.2, 0.25) is 5.91 Å². The van der Waals surface area contributed by atoms with E-state index in [0.29, 0.717) is 6.54 Å². The molecule has 0 radical (unpaired) electrons. The molecule has 25 heavy (non-hydrogen) atoms. The average molecular weight is 363 g/mol. The molecule has 2 aromatic heterocycles. The van der Waals surface area contributed by atoms with Crippen molar-refractivity contribution in [2.45, 2.75) is 65.1 Å². The van der Waals surface area contributed by atoms with E-state index in [-0.39, 0.29) is 24.2 Å². The van der Waals surface area contributed by atoms with Gasteiger partial charge in [-0.15, -0.1) is 11.3 Å². The van der Waals surface area contributed by atoms with E-state index in [0.717, 1.165) is 49.5 Å². The molecule has 3 rings (SSSR count). The summed E-state index contributed by atoms with van der Waals surface area (Å²) in [6, 6.07) is 0.0380. The van der Waals surface area contributed by atoms with E-state index in [1.165, 1.54) is 4.68 Å². The first-order chi connectivity index (χ1) is 12.2. The second-order valence-electron chi connectivity index (χ2n) is 6.32. The van der Waals surface area contributed by atoms with Gasteiger partial charge in [0.15, 0.2) is 0 Å². The fourth-order valence-electron chi connectivity index (χ4n) is 3.37. The van der Waals surface area contributed by atoms with Crippen LogP contribution in [0.15, 0.2) is 16.4 Å². The van der Waals surface area contributed by atoms with Crippen molar-refractivity contribution in [3.05, 3.63) is 32.9 Å². The molecular formula is C17H25N5O2S. The van der Waals surface area contributed by atoms with Crippen LogP contribution in [0.2, 0.25) is 0 Å². The number of amides is 1. The summed E-state index contributed by atoms with van der Waals surface area (Å²) in [6.07, 6.45) is 6.48. The smallest absolute Gasteiger partial charge is 0.332 e. The molecule has 0 spiro atoms. The van der Waals surface area contributed by atoms with Crippen LogP contribution in [-0.2, 0) is 24.3 Å². The molecule has 0 aliphatic carbocycles. The minimum Gasteiger partial charge on any atom is -0.332 e. The van der Waals surface area contributed by atoms with Gasteiger partial charge in [0, 0.05) is 31.1 Å². The second kappa shape index (κ2) is 7.95. The number of hydrogen-bond acceptors (Lipinski definition) is 5. The lowest BCUT2D eigenvalue weighted by molar-refractivity contribution is -0.133. The van der Waals surface area contributed by atoms with Gasteiger partial charge in [-0.1, -0.05) is 13.3 Å². The minimum absolute atomic E-state index is 0.00678. The SMILES string of the molecule is CCCCc1nn(CC(=O)N2CCC[C@@H]2c2nccs2)c(=O)n1CC. The summed E-state index contributed by atoms with van der Waals surface area (Å²) in [5, 5.41) is 7.33. The number of thiazole rings is 1. The van der Waals surface area contributed by atoms with Crippen molar-refractivity contribution >= 4 is 17.2 Å². The minimum atomic E-state index is -0.188. The monoisotopic (exact) mass is 363 g/mol. The number of nitrogens with zero attached hydrogens (tertiary/aromatic N) is 5. The lowest BCUT2D eigenvalue weighted by atomic mass is 10.2. The van der Waals surface area contributed by atoms with Crippen LogP contribution in [0.1, 0.15) is 56.4 Å². The number of likely N-dealkylation sites (tertiary alicyclic amines) is 1. The number of carbonyl (C=O) groups is 1. The Balaban J connectivity index is 1.76. The lowest BCUT2D eigenvalue weighted by Crippen LogP contribution is -2.37. The van der Waals surface area contributed by atoms with E-state index in [1.807, 2.05) is 17.2 Å². The Kier molecular flexibility index (Phi) is 5.67. The Morgan fingerprint density at radius 3 is 2.92 bits per heavy atom. The highest BCUT2D eigenvalue weighted by Crippen LogP contribution is 2.32. The van der Waals surface area contributed by atoms with E-state index in [2.05, 4.69) is 17.0 Å². The summed E-state index contributed by atoms with van der Waals surface area (Å²) in [4.78, 5) is 31.5. The Morgan fingerprint density at radius 2 is 2.24 bits per heavy atom. The van der Waals surface area contributed by atoms with Crippen LogP contribution >= 0.6 is 11.3 Å². The van der Waals surface area contributed by atoms with Gasteiger partial charge in [0.05, 0.1) is 6.04 Å². The van der Waals surface area contributed by atoms with Crippen molar-refractivity contribution < 1.29 is 4.79 Å². The zero-order valence-corrected chi connectivity index (χ0v) is 15.7. The van der Waals surface area contributed by atoms with Gasteiger partial charge in [-0.2, -0.15) is 5.10 Å². The zero-order valence-electron chi connectivity index (χ0n) is 14.8. The first-order valence-corrected chi connectivity index (χ1v) is 9.89. The highest BCUT2D eigenvalue weighted by molar-refractivity contribution is 7.09. The number of carbonyl (C=O) groups excluding carboxylic acids is 1. The van der Waals surface area contributed by atoms with Crippen molar-refractivity contribution in [2.75, 3.05) is 6.54 Å². The molecule has 1 aliphatic heterocycles. The first-order valence-electron chi connectivity index (χ1n) is 9.01. The molecule has 1 saturated heterocycles. The standard InChI is InChI=1S/C17H25N5O2S/c1-3-5-8-14-19-22(17(24)20(14)4-2)12-15(23)21-10-6-7-13(21)16-18-9-11-25-16/h9,11,13H,3-8,10,12H2,1-2H3/t13-/m1/s1. The Labute approximate surface area is 151 Å². The van der Waals surface area contributed by atoms with Gasteiger partial charge in [0.25, 0.3) is 0 Å². The highest BCUT2D eigenvalue weighted by Gasteiger charge is 2.32. The number of aryl methyl sites for hydroxylation is 1. The average Bonchev–Trinajstić information content (AvgIpc) is 3.33. The Morgan fingerprint density at radius 1 is 1.40 bits per heavy atom. The summed E-state index contributed by atoms with van der Waals surface area (Å²) < 4.78 is 3.00. The van der Waals surface area contributed by atoms with Crippen LogP contribution in [0, 0.1) is 0 Å². The molecule has 1 aliphatic rings. The summed E-state index contributed by atoms with van der Waals surface area (Å²) in [7, 11) is 0. The zero-order chi connectivity index (χ0) is 17.8. The molecular weight excluding hydrogens is 338 g/mol. The molecule has 1 atom stereocenters. The van der Waals surface area contributed by atoms with E-state index < -0.39 is 0 Å². The molecule has 0 N–H and O–H groups in total. The summed E-state index contributed by atoms with van der Waals surface area (Å²) in [5.41, 5.74) is -0.188. The van der Waals surface area contributed by atoms with Crippen LogP contribution in [0.4, 0.5) is 0 Å². The molecule has 136 valence electrons. The summed E-state index contributed by atoms with van der Waals surface area (Å²) in [6.45, 7) is 5.35. The van der Waals surface area contributed by atoms with Crippen molar-refractivity contribution in [3.8, 4) is 0 Å². The lowest BCUT2D eigenvalue weighted by Gasteiger charge is -2.22. The van der Waals surface area contributed by atoms with E-state index >= 15 is 0 Å². The molecule has 3 heterocycles. The topological polar surface area (TPSA) is 73.0 Å². The van der Waals surface area contributed by atoms with Gasteiger partial charge in [0.1, 0.15) is 17.4 Å².